The largest absolute Gasteiger partial charge is 0.494 e. The number of rotatable bonds is 8. The quantitative estimate of drug-likeness (QED) is 0.329. The molecule has 0 fully saturated rings. The normalized spacial score (nSPS) is 16.4. The number of fused-ring (bicyclic) bond motifs is 2. The minimum absolute atomic E-state index is 0.0406. The molecule has 0 bridgehead atoms. The van der Waals surface area contributed by atoms with Crippen LogP contribution in [0.2, 0.25) is 0 Å². The zero-order valence-corrected chi connectivity index (χ0v) is 23.3. The average Bonchev–Trinajstić information content (AvgIpc) is 3.21. The first-order chi connectivity index (χ1) is 18.8. The highest BCUT2D eigenvalue weighted by Gasteiger charge is 2.26. The highest BCUT2D eigenvalue weighted by Crippen LogP contribution is 2.38. The van der Waals surface area contributed by atoms with E-state index in [-0.39, 0.29) is 18.4 Å². The summed E-state index contributed by atoms with van der Waals surface area (Å²) in [6.45, 7) is 8.63. The Balaban J connectivity index is 1.53. The van der Waals surface area contributed by atoms with Gasteiger partial charge in [0.2, 0.25) is 0 Å². The molecule has 3 aromatic carbocycles. The molecule has 1 aromatic heterocycles. The van der Waals surface area contributed by atoms with Crippen molar-refractivity contribution >= 4 is 17.0 Å². The maximum absolute atomic E-state index is 12.1. The Kier molecular flexibility index (Phi) is 7.57. The second kappa shape index (κ2) is 11.1. The van der Waals surface area contributed by atoms with Crippen molar-refractivity contribution in [2.75, 3.05) is 13.7 Å². The molecule has 0 radical (unpaired) electrons. The van der Waals surface area contributed by atoms with Gasteiger partial charge in [-0.05, 0) is 60.2 Å². The Morgan fingerprint density at radius 2 is 2.00 bits per heavy atom. The van der Waals surface area contributed by atoms with Crippen LogP contribution in [-0.4, -0.2) is 50.7 Å². The maximum atomic E-state index is 12.1. The molecule has 1 unspecified atom stereocenters. The molecule has 0 saturated carbocycles. The summed E-state index contributed by atoms with van der Waals surface area (Å²) in [5, 5.41) is 18.5. The SMILES string of the molecule is CC[C@@H]1CN(Cc2cc(C(CC(=O)O)c3cc(OC)c4c(nnn4C)c3C)ccc2C)Cc2ccccc2O1. The molecule has 0 aliphatic carbocycles. The van der Waals surface area contributed by atoms with E-state index in [9.17, 15) is 9.90 Å². The highest BCUT2D eigenvalue weighted by atomic mass is 16.5. The summed E-state index contributed by atoms with van der Waals surface area (Å²) in [5.74, 6) is 0.378. The summed E-state index contributed by atoms with van der Waals surface area (Å²) in [5.41, 5.74) is 7.84. The minimum Gasteiger partial charge on any atom is -0.494 e. The number of benzene rings is 3. The van der Waals surface area contributed by atoms with Crippen molar-refractivity contribution in [3.63, 3.8) is 0 Å². The monoisotopic (exact) mass is 528 g/mol. The van der Waals surface area contributed by atoms with Gasteiger partial charge in [0.25, 0.3) is 0 Å². The molecular weight excluding hydrogens is 492 g/mol. The Morgan fingerprint density at radius 1 is 1.21 bits per heavy atom. The van der Waals surface area contributed by atoms with Gasteiger partial charge in [-0.3, -0.25) is 9.69 Å². The van der Waals surface area contributed by atoms with Crippen LogP contribution in [0.1, 0.15) is 59.1 Å². The zero-order chi connectivity index (χ0) is 27.7. The third-order valence-corrected chi connectivity index (χ3v) is 7.86. The number of nitrogens with zero attached hydrogens (tertiary/aromatic N) is 4. The van der Waals surface area contributed by atoms with Crippen molar-refractivity contribution in [3.8, 4) is 11.5 Å². The Morgan fingerprint density at radius 3 is 2.74 bits per heavy atom. The predicted molar refractivity (Wildman–Crippen MR) is 150 cm³/mol. The molecule has 0 saturated heterocycles. The van der Waals surface area contributed by atoms with E-state index in [2.05, 4.69) is 65.5 Å². The summed E-state index contributed by atoms with van der Waals surface area (Å²) in [7, 11) is 3.44. The second-order valence-electron chi connectivity index (χ2n) is 10.5. The fourth-order valence-electron chi connectivity index (χ4n) is 5.65. The number of methoxy groups -OCH3 is 1. The molecule has 204 valence electrons. The summed E-state index contributed by atoms with van der Waals surface area (Å²) >= 11 is 0. The maximum Gasteiger partial charge on any atom is 0.304 e. The first-order valence-corrected chi connectivity index (χ1v) is 13.4. The van der Waals surface area contributed by atoms with Gasteiger partial charge in [0, 0.05) is 38.2 Å². The van der Waals surface area contributed by atoms with Crippen molar-refractivity contribution in [2.45, 2.75) is 58.7 Å². The van der Waals surface area contributed by atoms with Gasteiger partial charge in [0.05, 0.1) is 13.5 Å². The predicted octanol–water partition coefficient (Wildman–Crippen LogP) is 5.37. The van der Waals surface area contributed by atoms with E-state index < -0.39 is 5.97 Å². The molecule has 5 rings (SSSR count). The molecule has 1 aliphatic heterocycles. The molecule has 8 heteroatoms. The number of carbonyl (C=O) groups is 1. The molecule has 2 atom stereocenters. The van der Waals surface area contributed by atoms with E-state index in [4.69, 9.17) is 9.47 Å². The van der Waals surface area contributed by atoms with Crippen molar-refractivity contribution in [1.29, 1.82) is 0 Å². The van der Waals surface area contributed by atoms with E-state index >= 15 is 0 Å². The standard InChI is InChI=1S/C31H36N4O4/c1-6-24-18-35(16-22-9-7-8-10-27(22)39-24)17-23-13-21(12-11-19(23)2)26(15-29(36)37)25-14-28(38-5)31-30(20(25)3)32-33-34(31)4/h7-14,24,26H,6,15-18H2,1-5H3,(H,36,37)/t24-,26?/m1/s1. The van der Waals surface area contributed by atoms with Gasteiger partial charge in [-0.15, -0.1) is 5.10 Å². The second-order valence-corrected chi connectivity index (χ2v) is 10.5. The highest BCUT2D eigenvalue weighted by molar-refractivity contribution is 5.86. The Bertz CT molecular complexity index is 1510. The van der Waals surface area contributed by atoms with E-state index in [1.807, 2.05) is 26.1 Å². The zero-order valence-electron chi connectivity index (χ0n) is 23.3. The van der Waals surface area contributed by atoms with Gasteiger partial charge in [-0.25, -0.2) is 4.68 Å². The van der Waals surface area contributed by atoms with E-state index in [1.54, 1.807) is 11.8 Å². The first-order valence-electron chi connectivity index (χ1n) is 13.4. The topological polar surface area (TPSA) is 89.7 Å². The average molecular weight is 529 g/mol. The van der Waals surface area contributed by atoms with Crippen LogP contribution in [-0.2, 0) is 24.9 Å². The lowest BCUT2D eigenvalue weighted by Crippen LogP contribution is -2.32. The van der Waals surface area contributed by atoms with Crippen molar-refractivity contribution in [3.05, 3.63) is 81.9 Å². The number of hydrogen-bond acceptors (Lipinski definition) is 6. The Hall–Kier alpha value is -3.91. The summed E-state index contributed by atoms with van der Waals surface area (Å²) in [4.78, 5) is 14.5. The van der Waals surface area contributed by atoms with Crippen LogP contribution < -0.4 is 9.47 Å². The van der Waals surface area contributed by atoms with Crippen molar-refractivity contribution < 1.29 is 19.4 Å². The van der Waals surface area contributed by atoms with Crippen molar-refractivity contribution in [2.24, 2.45) is 7.05 Å². The van der Waals surface area contributed by atoms with Crippen LogP contribution in [0.25, 0.3) is 11.0 Å². The number of aromatic nitrogens is 3. The number of hydrogen-bond donors (Lipinski definition) is 1. The number of para-hydroxylation sites is 1. The van der Waals surface area contributed by atoms with Crippen LogP contribution in [0.5, 0.6) is 11.5 Å². The van der Waals surface area contributed by atoms with E-state index in [1.165, 1.54) is 16.7 Å². The van der Waals surface area contributed by atoms with E-state index in [0.717, 1.165) is 59.5 Å². The smallest absolute Gasteiger partial charge is 0.304 e. The molecule has 39 heavy (non-hydrogen) atoms. The minimum atomic E-state index is -0.855. The molecule has 8 nitrogen and oxygen atoms in total. The van der Waals surface area contributed by atoms with Crippen LogP contribution in [0.4, 0.5) is 0 Å². The van der Waals surface area contributed by atoms with Gasteiger partial charge < -0.3 is 14.6 Å². The van der Waals surface area contributed by atoms with Crippen LogP contribution in [0.3, 0.4) is 0 Å². The third-order valence-electron chi connectivity index (χ3n) is 7.86. The lowest BCUT2D eigenvalue weighted by Gasteiger charge is -2.25. The number of carboxylic acid groups (broad SMARTS) is 1. The molecule has 1 N–H and O–H groups in total. The van der Waals surface area contributed by atoms with Crippen LogP contribution >= 0.6 is 0 Å². The summed E-state index contributed by atoms with van der Waals surface area (Å²) in [6.07, 6.45) is 1.00. The van der Waals surface area contributed by atoms with Gasteiger partial charge in [0.15, 0.2) is 0 Å². The molecular formula is C31H36N4O4. The van der Waals surface area contributed by atoms with Gasteiger partial charge >= 0.3 is 5.97 Å². The Labute approximate surface area is 229 Å². The molecule has 1 aliphatic rings. The number of carboxylic acids is 1. The summed E-state index contributed by atoms with van der Waals surface area (Å²) < 4.78 is 13.7. The molecule has 4 aromatic rings. The lowest BCUT2D eigenvalue weighted by molar-refractivity contribution is -0.137. The van der Waals surface area contributed by atoms with Gasteiger partial charge in [-0.2, -0.15) is 0 Å². The fourth-order valence-corrected chi connectivity index (χ4v) is 5.65. The molecule has 0 amide bonds. The van der Waals surface area contributed by atoms with Crippen LogP contribution in [0.15, 0.2) is 48.5 Å². The third kappa shape index (κ3) is 5.34. The van der Waals surface area contributed by atoms with Gasteiger partial charge in [0.1, 0.15) is 28.6 Å². The lowest BCUT2D eigenvalue weighted by atomic mass is 9.84. The number of aliphatic carboxylic acids is 1. The van der Waals surface area contributed by atoms with E-state index in [0.29, 0.717) is 5.75 Å². The number of aryl methyl sites for hydroxylation is 3. The van der Waals surface area contributed by atoms with Crippen molar-refractivity contribution in [1.82, 2.24) is 19.9 Å². The number of ether oxygens (including phenoxy) is 2. The summed E-state index contributed by atoms with van der Waals surface area (Å²) in [6, 6.07) is 16.5. The van der Waals surface area contributed by atoms with Gasteiger partial charge in [-0.1, -0.05) is 48.5 Å². The first kappa shape index (κ1) is 26.7. The molecule has 2 heterocycles. The molecule has 0 spiro atoms. The van der Waals surface area contributed by atoms with Crippen LogP contribution in [0, 0.1) is 13.8 Å². The fraction of sp³-hybridized carbons (Fsp3) is 0.387.